The third-order valence-corrected chi connectivity index (χ3v) is 5.56. The van der Waals surface area contributed by atoms with Crippen molar-refractivity contribution in [2.24, 2.45) is 4.99 Å². The number of para-hydroxylation sites is 1. The molecule has 0 bridgehead atoms. The number of nitrogens with one attached hydrogen (secondary N) is 3. The lowest BCUT2D eigenvalue weighted by Gasteiger charge is -2.24. The molecule has 1 atom stereocenters. The van der Waals surface area contributed by atoms with Crippen LogP contribution >= 0.6 is 0 Å². The number of carbonyl (C=O) groups excluding carboxylic acids is 1. The fourth-order valence-electron chi connectivity index (χ4n) is 4.12. The Morgan fingerprint density at radius 3 is 2.75 bits per heavy atom. The predicted octanol–water partition coefficient (Wildman–Crippen LogP) is 1.69. The lowest BCUT2D eigenvalue weighted by Crippen LogP contribution is -2.45. The van der Waals surface area contributed by atoms with Crippen LogP contribution in [0.5, 0.6) is 5.75 Å². The van der Waals surface area contributed by atoms with Crippen LogP contribution in [0.15, 0.2) is 29.3 Å². The molecular weight excluding hydrogens is 354 g/mol. The van der Waals surface area contributed by atoms with Crippen LogP contribution in [0.2, 0.25) is 0 Å². The van der Waals surface area contributed by atoms with Crippen molar-refractivity contribution in [3.63, 3.8) is 0 Å². The van der Waals surface area contributed by atoms with Crippen LogP contribution in [-0.2, 0) is 0 Å². The van der Waals surface area contributed by atoms with E-state index in [-0.39, 0.29) is 17.2 Å². The Morgan fingerprint density at radius 2 is 2.00 bits per heavy atom. The zero-order chi connectivity index (χ0) is 19.8. The number of carbonyl (C=O) groups is 1. The Kier molecular flexibility index (Phi) is 7.54. The van der Waals surface area contributed by atoms with E-state index in [1.54, 1.807) is 18.2 Å². The van der Waals surface area contributed by atoms with Gasteiger partial charge in [0.15, 0.2) is 5.96 Å². The Balaban J connectivity index is 1.44. The first-order valence-corrected chi connectivity index (χ1v) is 10.5. The number of benzene rings is 1. The molecule has 1 aliphatic carbocycles. The van der Waals surface area contributed by atoms with Gasteiger partial charge < -0.3 is 21.1 Å². The normalized spacial score (nSPS) is 21.0. The summed E-state index contributed by atoms with van der Waals surface area (Å²) in [6.07, 6.45) is 6.58. The summed E-state index contributed by atoms with van der Waals surface area (Å²) in [5.74, 6) is 0.512. The number of phenols is 1. The average Bonchev–Trinajstić information content (AvgIpc) is 3.37. The van der Waals surface area contributed by atoms with E-state index in [2.05, 4.69) is 32.8 Å². The summed E-state index contributed by atoms with van der Waals surface area (Å²) >= 11 is 0. The number of hydrogen-bond acceptors (Lipinski definition) is 4. The number of phenolic OH excluding ortho intramolecular Hbond substituents is 1. The van der Waals surface area contributed by atoms with Crippen LogP contribution in [-0.4, -0.2) is 66.7 Å². The maximum Gasteiger partial charge on any atom is 0.255 e. The van der Waals surface area contributed by atoms with E-state index in [1.807, 2.05) is 0 Å². The second-order valence-corrected chi connectivity index (χ2v) is 7.60. The second kappa shape index (κ2) is 10.3. The zero-order valence-corrected chi connectivity index (χ0v) is 16.8. The smallest absolute Gasteiger partial charge is 0.255 e. The number of hydrogen-bond donors (Lipinski definition) is 4. The highest BCUT2D eigenvalue weighted by Gasteiger charge is 2.30. The standard InChI is InChI=1S/C21H33N5O2/c1-2-22-21(25-16-11-14-26(15-16)17-7-3-4-8-17)24-13-12-23-20(28)18-9-5-6-10-19(18)27/h5-6,9-10,16-17,27H,2-4,7-8,11-15H2,1H3,(H,23,28)(H2,22,24,25). The minimum absolute atomic E-state index is 0.00782. The van der Waals surface area contributed by atoms with Gasteiger partial charge >= 0.3 is 0 Å². The minimum atomic E-state index is -0.283. The lowest BCUT2D eigenvalue weighted by molar-refractivity contribution is 0.0952. The van der Waals surface area contributed by atoms with Gasteiger partial charge in [-0.1, -0.05) is 25.0 Å². The number of nitrogens with zero attached hydrogens (tertiary/aromatic N) is 2. The first kappa shape index (κ1) is 20.5. The number of rotatable bonds is 7. The number of amides is 1. The topological polar surface area (TPSA) is 89.0 Å². The van der Waals surface area contributed by atoms with E-state index in [4.69, 9.17) is 0 Å². The molecule has 1 unspecified atom stereocenters. The van der Waals surface area contributed by atoms with Crippen LogP contribution in [0.3, 0.4) is 0 Å². The Labute approximate surface area is 167 Å². The van der Waals surface area contributed by atoms with Gasteiger partial charge in [0.05, 0.1) is 12.1 Å². The first-order chi connectivity index (χ1) is 13.7. The molecule has 1 amide bonds. The van der Waals surface area contributed by atoms with Crippen molar-refractivity contribution >= 4 is 11.9 Å². The molecule has 3 rings (SSSR count). The summed E-state index contributed by atoms with van der Waals surface area (Å²) in [6, 6.07) is 7.75. The minimum Gasteiger partial charge on any atom is -0.507 e. The molecule has 7 heteroatoms. The molecule has 4 N–H and O–H groups in total. The highest BCUT2D eigenvalue weighted by Crippen LogP contribution is 2.26. The molecule has 1 saturated heterocycles. The van der Waals surface area contributed by atoms with Crippen molar-refractivity contribution in [3.8, 4) is 5.75 Å². The highest BCUT2D eigenvalue weighted by molar-refractivity contribution is 5.96. The molecule has 0 spiro atoms. The molecule has 1 saturated carbocycles. The molecule has 1 aliphatic heterocycles. The van der Waals surface area contributed by atoms with Gasteiger partial charge in [0.25, 0.3) is 5.91 Å². The maximum absolute atomic E-state index is 12.1. The van der Waals surface area contributed by atoms with E-state index in [0.717, 1.165) is 31.5 Å². The van der Waals surface area contributed by atoms with E-state index in [1.165, 1.54) is 38.3 Å². The first-order valence-electron chi connectivity index (χ1n) is 10.5. The predicted molar refractivity (Wildman–Crippen MR) is 112 cm³/mol. The summed E-state index contributed by atoms with van der Waals surface area (Å²) < 4.78 is 0. The van der Waals surface area contributed by atoms with Crippen molar-refractivity contribution < 1.29 is 9.90 Å². The molecule has 0 aromatic heterocycles. The van der Waals surface area contributed by atoms with Gasteiger partial charge in [0.2, 0.25) is 0 Å². The molecule has 0 radical (unpaired) electrons. The second-order valence-electron chi connectivity index (χ2n) is 7.60. The van der Waals surface area contributed by atoms with Gasteiger partial charge in [0, 0.05) is 38.3 Å². The molecule has 1 heterocycles. The van der Waals surface area contributed by atoms with Gasteiger partial charge in [-0.15, -0.1) is 0 Å². The van der Waals surface area contributed by atoms with Gasteiger partial charge in [-0.25, -0.2) is 0 Å². The van der Waals surface area contributed by atoms with Crippen molar-refractivity contribution in [1.29, 1.82) is 0 Å². The Hall–Kier alpha value is -2.28. The Bertz CT molecular complexity index is 673. The van der Waals surface area contributed by atoms with Gasteiger partial charge in [-0.2, -0.15) is 0 Å². The monoisotopic (exact) mass is 387 g/mol. The van der Waals surface area contributed by atoms with Crippen LogP contribution in [0.1, 0.15) is 49.4 Å². The van der Waals surface area contributed by atoms with Crippen molar-refractivity contribution in [1.82, 2.24) is 20.9 Å². The third kappa shape index (κ3) is 5.61. The van der Waals surface area contributed by atoms with Crippen LogP contribution in [0.25, 0.3) is 0 Å². The fraction of sp³-hybridized carbons (Fsp3) is 0.619. The van der Waals surface area contributed by atoms with E-state index in [9.17, 15) is 9.90 Å². The molecule has 7 nitrogen and oxygen atoms in total. The molecule has 2 fully saturated rings. The van der Waals surface area contributed by atoms with Gasteiger partial charge in [-0.3, -0.25) is 14.7 Å². The molecule has 2 aliphatic rings. The summed E-state index contributed by atoms with van der Waals surface area (Å²) in [5.41, 5.74) is 0.287. The van der Waals surface area contributed by atoms with E-state index in [0.29, 0.717) is 19.1 Å². The third-order valence-electron chi connectivity index (χ3n) is 5.56. The molecule has 154 valence electrons. The molecule has 28 heavy (non-hydrogen) atoms. The molecule has 1 aromatic carbocycles. The van der Waals surface area contributed by atoms with Crippen molar-refractivity contribution in [2.75, 3.05) is 32.7 Å². The average molecular weight is 388 g/mol. The summed E-state index contributed by atoms with van der Waals surface area (Å²) in [7, 11) is 0. The zero-order valence-electron chi connectivity index (χ0n) is 16.8. The van der Waals surface area contributed by atoms with Crippen LogP contribution < -0.4 is 16.0 Å². The number of aromatic hydroxyl groups is 1. The lowest BCUT2D eigenvalue weighted by atomic mass is 10.2. The van der Waals surface area contributed by atoms with Crippen molar-refractivity contribution in [3.05, 3.63) is 29.8 Å². The van der Waals surface area contributed by atoms with E-state index < -0.39 is 0 Å². The van der Waals surface area contributed by atoms with Crippen LogP contribution in [0, 0.1) is 0 Å². The van der Waals surface area contributed by atoms with Crippen LogP contribution in [0.4, 0.5) is 0 Å². The van der Waals surface area contributed by atoms with Gasteiger partial charge in [0.1, 0.15) is 5.75 Å². The number of guanidine groups is 1. The van der Waals surface area contributed by atoms with Gasteiger partial charge in [-0.05, 0) is 38.3 Å². The molecule has 1 aromatic rings. The SMILES string of the molecule is CCNC(=NCCNC(=O)c1ccccc1O)NC1CCN(C2CCCC2)C1. The highest BCUT2D eigenvalue weighted by atomic mass is 16.3. The Morgan fingerprint density at radius 1 is 1.21 bits per heavy atom. The van der Waals surface area contributed by atoms with Crippen molar-refractivity contribution in [2.45, 2.75) is 51.1 Å². The van der Waals surface area contributed by atoms with E-state index >= 15 is 0 Å². The number of likely N-dealkylation sites (tertiary alicyclic amines) is 1. The fourth-order valence-corrected chi connectivity index (χ4v) is 4.12. The largest absolute Gasteiger partial charge is 0.507 e. The quantitative estimate of drug-likeness (QED) is 0.325. The number of aliphatic imine (C=N–C) groups is 1. The summed E-state index contributed by atoms with van der Waals surface area (Å²) in [4.78, 5) is 19.3. The maximum atomic E-state index is 12.1. The molecular formula is C21H33N5O2. The summed E-state index contributed by atoms with van der Waals surface area (Å²) in [6.45, 7) is 6.00. The summed E-state index contributed by atoms with van der Waals surface area (Å²) in [5, 5.41) is 19.4.